The largest absolute Gasteiger partial charge is 0.437 e. The van der Waals surface area contributed by atoms with E-state index in [2.05, 4.69) is 15.6 Å². The third-order valence-corrected chi connectivity index (χ3v) is 3.67. The van der Waals surface area contributed by atoms with Crippen LogP contribution in [-0.4, -0.2) is 11.0 Å². The maximum Gasteiger partial charge on any atom is 0.416 e. The molecular weight excluding hydrogens is 371 g/mol. The Labute approximate surface area is 159 Å². The highest BCUT2D eigenvalue weighted by atomic mass is 19.4. The number of carbonyl (C=O) groups is 1. The molecule has 0 aliphatic rings. The first-order valence-corrected chi connectivity index (χ1v) is 8.26. The number of rotatable bonds is 4. The van der Waals surface area contributed by atoms with E-state index in [1.54, 1.807) is 24.3 Å². The predicted molar refractivity (Wildman–Crippen MR) is 99.6 cm³/mol. The molecule has 0 radical (unpaired) electrons. The number of anilines is 2. The second kappa shape index (κ2) is 7.99. The molecule has 1 heterocycles. The summed E-state index contributed by atoms with van der Waals surface area (Å²) < 4.78 is 44.0. The van der Waals surface area contributed by atoms with E-state index in [0.717, 1.165) is 17.7 Å². The van der Waals surface area contributed by atoms with Gasteiger partial charge >= 0.3 is 12.2 Å². The summed E-state index contributed by atoms with van der Waals surface area (Å²) in [6.07, 6.45) is -3.08. The van der Waals surface area contributed by atoms with E-state index in [-0.39, 0.29) is 17.3 Å². The summed E-state index contributed by atoms with van der Waals surface area (Å²) in [5.74, 6) is -0.0723. The molecule has 0 atom stereocenters. The summed E-state index contributed by atoms with van der Waals surface area (Å²) in [5.41, 5.74) is 0.951. The van der Waals surface area contributed by atoms with Gasteiger partial charge in [0.2, 0.25) is 5.88 Å². The van der Waals surface area contributed by atoms with Crippen molar-refractivity contribution in [2.75, 3.05) is 10.6 Å². The molecule has 3 rings (SSSR count). The lowest BCUT2D eigenvalue weighted by Crippen LogP contribution is -2.20. The van der Waals surface area contributed by atoms with E-state index in [0.29, 0.717) is 5.69 Å². The lowest BCUT2D eigenvalue weighted by molar-refractivity contribution is -0.137. The number of aryl methyl sites for hydroxylation is 1. The van der Waals surface area contributed by atoms with Crippen LogP contribution in [0.5, 0.6) is 11.6 Å². The summed E-state index contributed by atoms with van der Waals surface area (Å²) in [6, 6.07) is 14.2. The Balaban J connectivity index is 1.75. The number of hydrogen-bond donors (Lipinski definition) is 2. The Morgan fingerprint density at radius 2 is 1.79 bits per heavy atom. The fraction of sp³-hybridized carbons (Fsp3) is 0.100. The zero-order chi connectivity index (χ0) is 20.1. The van der Waals surface area contributed by atoms with Gasteiger partial charge < -0.3 is 15.4 Å². The van der Waals surface area contributed by atoms with Crippen molar-refractivity contribution in [1.29, 1.82) is 0 Å². The van der Waals surface area contributed by atoms with Crippen molar-refractivity contribution in [3.05, 3.63) is 78.0 Å². The molecule has 0 unspecified atom stereocenters. The molecular formula is C20H16F3N3O2. The Kier molecular flexibility index (Phi) is 5.49. The molecule has 0 aliphatic heterocycles. The first kappa shape index (κ1) is 19.2. The fourth-order valence-corrected chi connectivity index (χ4v) is 2.42. The highest BCUT2D eigenvalue weighted by molar-refractivity contribution is 6.00. The van der Waals surface area contributed by atoms with Gasteiger partial charge in [0, 0.05) is 11.9 Å². The summed E-state index contributed by atoms with van der Waals surface area (Å²) in [5, 5.41) is 5.25. The number of urea groups is 1. The quantitative estimate of drug-likeness (QED) is 0.591. The van der Waals surface area contributed by atoms with Crippen LogP contribution in [-0.2, 0) is 6.18 Å². The minimum atomic E-state index is -4.49. The molecule has 0 saturated heterocycles. The van der Waals surface area contributed by atoms with Gasteiger partial charge in [-0.15, -0.1) is 0 Å². The Morgan fingerprint density at radius 1 is 1.00 bits per heavy atom. The topological polar surface area (TPSA) is 63.2 Å². The van der Waals surface area contributed by atoms with Gasteiger partial charge in [-0.05, 0) is 55.0 Å². The maximum absolute atomic E-state index is 12.9. The van der Waals surface area contributed by atoms with Crippen molar-refractivity contribution in [2.45, 2.75) is 13.1 Å². The van der Waals surface area contributed by atoms with Crippen LogP contribution < -0.4 is 15.4 Å². The van der Waals surface area contributed by atoms with E-state index < -0.39 is 17.8 Å². The molecule has 28 heavy (non-hydrogen) atoms. The minimum Gasteiger partial charge on any atom is -0.437 e. The van der Waals surface area contributed by atoms with Crippen LogP contribution in [0, 0.1) is 6.92 Å². The van der Waals surface area contributed by atoms with E-state index in [9.17, 15) is 18.0 Å². The average molecular weight is 387 g/mol. The van der Waals surface area contributed by atoms with Gasteiger partial charge in [0.15, 0.2) is 0 Å². The van der Waals surface area contributed by atoms with Crippen LogP contribution in [0.3, 0.4) is 0 Å². The highest BCUT2D eigenvalue weighted by Gasteiger charge is 2.30. The van der Waals surface area contributed by atoms with Gasteiger partial charge in [0.05, 0.1) is 5.56 Å². The Morgan fingerprint density at radius 3 is 2.54 bits per heavy atom. The number of aromatic nitrogens is 1. The molecule has 5 nitrogen and oxygen atoms in total. The van der Waals surface area contributed by atoms with Crippen LogP contribution in [0.15, 0.2) is 66.9 Å². The molecule has 2 aromatic carbocycles. The monoisotopic (exact) mass is 387 g/mol. The van der Waals surface area contributed by atoms with Crippen LogP contribution in [0.1, 0.15) is 11.1 Å². The smallest absolute Gasteiger partial charge is 0.416 e. The minimum absolute atomic E-state index is 0.0267. The molecule has 8 heteroatoms. The third kappa shape index (κ3) is 5.00. The van der Waals surface area contributed by atoms with Gasteiger partial charge in [-0.25, -0.2) is 9.78 Å². The van der Waals surface area contributed by atoms with Crippen molar-refractivity contribution in [3.63, 3.8) is 0 Å². The summed E-state index contributed by atoms with van der Waals surface area (Å²) in [7, 11) is 0. The normalized spacial score (nSPS) is 11.0. The Hall–Kier alpha value is -3.55. The van der Waals surface area contributed by atoms with Gasteiger partial charge in [0.1, 0.15) is 11.4 Å². The van der Waals surface area contributed by atoms with Crippen molar-refractivity contribution in [1.82, 2.24) is 4.98 Å². The predicted octanol–water partition coefficient (Wildman–Crippen LogP) is 5.85. The number of benzene rings is 2. The van der Waals surface area contributed by atoms with E-state index in [4.69, 9.17) is 4.74 Å². The van der Waals surface area contributed by atoms with Gasteiger partial charge in [-0.2, -0.15) is 13.2 Å². The summed E-state index contributed by atoms with van der Waals surface area (Å²) in [6.45, 7) is 1.89. The SMILES string of the molecule is Cc1cccc(NC(=O)Nc2cccnc2Oc2cccc(C(F)(F)F)c2)c1. The molecule has 2 N–H and O–H groups in total. The summed E-state index contributed by atoms with van der Waals surface area (Å²) in [4.78, 5) is 16.2. The molecule has 3 aromatic rings. The maximum atomic E-state index is 12.9. The van der Waals surface area contributed by atoms with Crippen LogP contribution >= 0.6 is 0 Å². The van der Waals surface area contributed by atoms with Crippen LogP contribution in [0.4, 0.5) is 29.3 Å². The number of carbonyl (C=O) groups excluding carboxylic acids is 1. The molecule has 1 aromatic heterocycles. The third-order valence-electron chi connectivity index (χ3n) is 3.67. The molecule has 144 valence electrons. The number of alkyl halides is 3. The van der Waals surface area contributed by atoms with E-state index >= 15 is 0 Å². The number of hydrogen-bond acceptors (Lipinski definition) is 3. The van der Waals surface area contributed by atoms with Crippen molar-refractivity contribution >= 4 is 17.4 Å². The Bertz CT molecular complexity index is 990. The number of halogens is 3. The lowest BCUT2D eigenvalue weighted by atomic mass is 10.2. The standard InChI is InChI=1S/C20H16F3N3O2/c1-13-5-2-7-15(11-13)25-19(27)26-17-9-4-10-24-18(17)28-16-8-3-6-14(12-16)20(21,22)23/h2-12H,1H3,(H2,25,26,27). The van der Waals surface area contributed by atoms with Crippen molar-refractivity contribution < 1.29 is 22.7 Å². The van der Waals surface area contributed by atoms with E-state index in [1.807, 2.05) is 13.0 Å². The second-order valence-corrected chi connectivity index (χ2v) is 5.93. The second-order valence-electron chi connectivity index (χ2n) is 5.93. The van der Waals surface area contributed by atoms with Crippen LogP contribution in [0.2, 0.25) is 0 Å². The highest BCUT2D eigenvalue weighted by Crippen LogP contribution is 2.33. The van der Waals surface area contributed by atoms with Gasteiger partial charge in [0.25, 0.3) is 0 Å². The summed E-state index contributed by atoms with van der Waals surface area (Å²) >= 11 is 0. The molecule has 2 amide bonds. The average Bonchev–Trinajstić information content (AvgIpc) is 2.63. The molecule has 0 saturated carbocycles. The van der Waals surface area contributed by atoms with Gasteiger partial charge in [-0.3, -0.25) is 0 Å². The molecule has 0 bridgehead atoms. The number of ether oxygens (including phenoxy) is 1. The zero-order valence-electron chi connectivity index (χ0n) is 14.7. The molecule has 0 aliphatic carbocycles. The molecule has 0 fully saturated rings. The van der Waals surface area contributed by atoms with Crippen molar-refractivity contribution in [2.24, 2.45) is 0 Å². The number of pyridine rings is 1. The first-order chi connectivity index (χ1) is 13.3. The zero-order valence-corrected chi connectivity index (χ0v) is 14.7. The fourth-order valence-electron chi connectivity index (χ4n) is 2.42. The lowest BCUT2D eigenvalue weighted by Gasteiger charge is -2.13. The van der Waals surface area contributed by atoms with Crippen molar-refractivity contribution in [3.8, 4) is 11.6 Å². The van der Waals surface area contributed by atoms with Crippen LogP contribution in [0.25, 0.3) is 0 Å². The molecule has 0 spiro atoms. The van der Waals surface area contributed by atoms with E-state index in [1.165, 1.54) is 24.4 Å². The number of nitrogens with zero attached hydrogens (tertiary/aromatic N) is 1. The number of nitrogens with one attached hydrogen (secondary N) is 2. The first-order valence-electron chi connectivity index (χ1n) is 8.26. The number of amides is 2. The van der Waals surface area contributed by atoms with Gasteiger partial charge in [-0.1, -0.05) is 18.2 Å².